The van der Waals surface area contributed by atoms with Gasteiger partial charge in [-0.05, 0) is 44.2 Å². The van der Waals surface area contributed by atoms with E-state index in [0.29, 0.717) is 12.5 Å². The fraction of sp³-hybridized carbons (Fsp3) is 0.500. The quantitative estimate of drug-likeness (QED) is 0.791. The van der Waals surface area contributed by atoms with Gasteiger partial charge in [-0.25, -0.2) is 4.98 Å². The van der Waals surface area contributed by atoms with Gasteiger partial charge in [0.25, 0.3) is 0 Å². The van der Waals surface area contributed by atoms with Crippen molar-refractivity contribution in [3.8, 4) is 5.88 Å². The van der Waals surface area contributed by atoms with E-state index in [1.54, 1.807) is 6.20 Å². The Morgan fingerprint density at radius 3 is 3.18 bits per heavy atom. The molecular weight excluding hydrogens is 212 g/mol. The number of nitrogens with zero attached hydrogens (tertiary/aromatic N) is 1. The standard InChI is InChI=1S/C14H20N2O/c1-2-17-14-13(9-6-10-15-14)16-11-12-7-4-3-5-8-12/h3-4,6,9-10,12,16H,2,5,7-8,11H2,1H3. The first-order valence-corrected chi connectivity index (χ1v) is 6.37. The molecule has 0 aliphatic heterocycles. The van der Waals surface area contributed by atoms with Crippen LogP contribution in [-0.2, 0) is 0 Å². The maximum atomic E-state index is 5.49. The van der Waals surface area contributed by atoms with E-state index in [1.807, 2.05) is 19.1 Å². The van der Waals surface area contributed by atoms with Gasteiger partial charge in [0.2, 0.25) is 5.88 Å². The van der Waals surface area contributed by atoms with Crippen molar-refractivity contribution < 1.29 is 4.74 Å². The van der Waals surface area contributed by atoms with E-state index >= 15 is 0 Å². The van der Waals surface area contributed by atoms with Crippen LogP contribution in [0.5, 0.6) is 5.88 Å². The van der Waals surface area contributed by atoms with Gasteiger partial charge in [0.15, 0.2) is 0 Å². The second-order valence-corrected chi connectivity index (χ2v) is 4.32. The highest BCUT2D eigenvalue weighted by atomic mass is 16.5. The first-order valence-electron chi connectivity index (χ1n) is 6.37. The minimum absolute atomic E-state index is 0.651. The van der Waals surface area contributed by atoms with E-state index < -0.39 is 0 Å². The van der Waals surface area contributed by atoms with Gasteiger partial charge >= 0.3 is 0 Å². The average Bonchev–Trinajstić information content (AvgIpc) is 2.39. The van der Waals surface area contributed by atoms with Crippen LogP contribution in [0.4, 0.5) is 5.69 Å². The molecule has 1 aliphatic rings. The minimum Gasteiger partial charge on any atom is -0.476 e. The summed E-state index contributed by atoms with van der Waals surface area (Å²) < 4.78 is 5.49. The molecule has 0 radical (unpaired) electrons. The van der Waals surface area contributed by atoms with Crippen LogP contribution >= 0.6 is 0 Å². The summed E-state index contributed by atoms with van der Waals surface area (Å²) in [6.45, 7) is 3.62. The Hall–Kier alpha value is -1.51. The summed E-state index contributed by atoms with van der Waals surface area (Å²) in [4.78, 5) is 4.23. The van der Waals surface area contributed by atoms with E-state index in [0.717, 1.165) is 18.2 Å². The lowest BCUT2D eigenvalue weighted by molar-refractivity contribution is 0.328. The summed E-state index contributed by atoms with van der Waals surface area (Å²) >= 11 is 0. The molecule has 1 unspecified atom stereocenters. The van der Waals surface area contributed by atoms with Gasteiger partial charge in [0, 0.05) is 12.7 Å². The molecule has 0 bridgehead atoms. The van der Waals surface area contributed by atoms with Crippen LogP contribution in [0.1, 0.15) is 26.2 Å². The number of rotatable bonds is 5. The lowest BCUT2D eigenvalue weighted by Gasteiger charge is -2.19. The molecule has 0 saturated carbocycles. The van der Waals surface area contributed by atoms with Crippen molar-refractivity contribution >= 4 is 5.69 Å². The highest BCUT2D eigenvalue weighted by Crippen LogP contribution is 2.23. The minimum atomic E-state index is 0.651. The van der Waals surface area contributed by atoms with Gasteiger partial charge in [-0.3, -0.25) is 0 Å². The van der Waals surface area contributed by atoms with Crippen LogP contribution in [0.2, 0.25) is 0 Å². The largest absolute Gasteiger partial charge is 0.476 e. The molecule has 3 heteroatoms. The molecule has 1 aromatic heterocycles. The second-order valence-electron chi connectivity index (χ2n) is 4.32. The Morgan fingerprint density at radius 2 is 2.41 bits per heavy atom. The molecule has 0 saturated heterocycles. The number of pyridine rings is 1. The zero-order valence-corrected chi connectivity index (χ0v) is 10.4. The molecule has 0 spiro atoms. The number of hydrogen-bond acceptors (Lipinski definition) is 3. The number of allylic oxidation sites excluding steroid dienone is 2. The zero-order chi connectivity index (χ0) is 11.9. The van der Waals surface area contributed by atoms with Gasteiger partial charge in [-0.1, -0.05) is 12.2 Å². The molecule has 1 atom stereocenters. The van der Waals surface area contributed by atoms with E-state index in [9.17, 15) is 0 Å². The fourth-order valence-electron chi connectivity index (χ4n) is 2.07. The third-order valence-electron chi connectivity index (χ3n) is 3.01. The van der Waals surface area contributed by atoms with Crippen molar-refractivity contribution in [2.24, 2.45) is 5.92 Å². The van der Waals surface area contributed by atoms with Crippen molar-refractivity contribution in [1.29, 1.82) is 0 Å². The maximum absolute atomic E-state index is 5.49. The summed E-state index contributed by atoms with van der Waals surface area (Å²) in [5.74, 6) is 1.44. The highest BCUT2D eigenvalue weighted by molar-refractivity contribution is 5.52. The first-order chi connectivity index (χ1) is 8.40. The molecule has 17 heavy (non-hydrogen) atoms. The smallest absolute Gasteiger partial charge is 0.237 e. The predicted molar refractivity (Wildman–Crippen MR) is 70.4 cm³/mol. The molecule has 92 valence electrons. The van der Waals surface area contributed by atoms with Crippen LogP contribution in [0.25, 0.3) is 0 Å². The number of hydrogen-bond donors (Lipinski definition) is 1. The van der Waals surface area contributed by atoms with Crippen molar-refractivity contribution in [2.75, 3.05) is 18.5 Å². The number of aromatic nitrogens is 1. The monoisotopic (exact) mass is 232 g/mol. The molecule has 1 N–H and O–H groups in total. The molecule has 1 heterocycles. The van der Waals surface area contributed by atoms with Gasteiger partial charge in [-0.15, -0.1) is 0 Å². The number of ether oxygens (including phenoxy) is 1. The van der Waals surface area contributed by atoms with E-state index in [-0.39, 0.29) is 0 Å². The summed E-state index contributed by atoms with van der Waals surface area (Å²) in [5.41, 5.74) is 1.00. The number of anilines is 1. The summed E-state index contributed by atoms with van der Waals surface area (Å²) in [6, 6.07) is 3.96. The van der Waals surface area contributed by atoms with E-state index in [1.165, 1.54) is 19.3 Å². The lowest BCUT2D eigenvalue weighted by atomic mass is 9.94. The maximum Gasteiger partial charge on any atom is 0.237 e. The van der Waals surface area contributed by atoms with Crippen LogP contribution in [0.3, 0.4) is 0 Å². The average molecular weight is 232 g/mol. The molecule has 0 amide bonds. The summed E-state index contributed by atoms with van der Waals surface area (Å²) in [7, 11) is 0. The fourth-order valence-corrected chi connectivity index (χ4v) is 2.07. The third kappa shape index (κ3) is 3.48. The molecule has 2 rings (SSSR count). The van der Waals surface area contributed by atoms with E-state index in [2.05, 4.69) is 22.5 Å². The lowest BCUT2D eigenvalue weighted by Crippen LogP contribution is -2.16. The Bertz CT molecular complexity index is 376. The second kappa shape index (κ2) is 6.28. The Kier molecular flexibility index (Phi) is 4.42. The molecule has 3 nitrogen and oxygen atoms in total. The molecular formula is C14H20N2O. The summed E-state index contributed by atoms with van der Waals surface area (Å²) in [6.07, 6.45) is 9.97. The molecule has 1 aromatic rings. The zero-order valence-electron chi connectivity index (χ0n) is 10.4. The highest BCUT2D eigenvalue weighted by Gasteiger charge is 2.11. The van der Waals surface area contributed by atoms with Crippen molar-refractivity contribution in [3.63, 3.8) is 0 Å². The molecule has 0 aromatic carbocycles. The molecule has 1 aliphatic carbocycles. The Balaban J connectivity index is 1.91. The van der Waals surface area contributed by atoms with E-state index in [4.69, 9.17) is 4.74 Å². The topological polar surface area (TPSA) is 34.1 Å². The summed E-state index contributed by atoms with van der Waals surface area (Å²) in [5, 5.41) is 3.45. The molecule has 0 fully saturated rings. The SMILES string of the molecule is CCOc1ncccc1NCC1CC=CCC1. The van der Waals surface area contributed by atoms with Crippen molar-refractivity contribution in [1.82, 2.24) is 4.98 Å². The van der Waals surface area contributed by atoms with Crippen LogP contribution in [-0.4, -0.2) is 18.1 Å². The normalized spacial score (nSPS) is 19.0. The van der Waals surface area contributed by atoms with Crippen LogP contribution in [0, 0.1) is 5.92 Å². The third-order valence-corrected chi connectivity index (χ3v) is 3.01. The van der Waals surface area contributed by atoms with Crippen LogP contribution < -0.4 is 10.1 Å². The Morgan fingerprint density at radius 1 is 1.47 bits per heavy atom. The van der Waals surface area contributed by atoms with Crippen molar-refractivity contribution in [3.05, 3.63) is 30.5 Å². The Labute approximate surface area is 103 Å². The van der Waals surface area contributed by atoms with Crippen molar-refractivity contribution in [2.45, 2.75) is 26.2 Å². The van der Waals surface area contributed by atoms with Gasteiger partial charge in [-0.2, -0.15) is 0 Å². The van der Waals surface area contributed by atoms with Gasteiger partial charge in [0.1, 0.15) is 0 Å². The predicted octanol–water partition coefficient (Wildman–Crippen LogP) is 3.25. The van der Waals surface area contributed by atoms with Crippen LogP contribution in [0.15, 0.2) is 30.5 Å². The number of nitrogens with one attached hydrogen (secondary N) is 1. The first kappa shape index (κ1) is 12.0. The van der Waals surface area contributed by atoms with Gasteiger partial charge < -0.3 is 10.1 Å². The van der Waals surface area contributed by atoms with Gasteiger partial charge in [0.05, 0.1) is 12.3 Å².